The zero-order valence-corrected chi connectivity index (χ0v) is 27.3. The van der Waals surface area contributed by atoms with Crippen LogP contribution in [0.4, 0.5) is 0 Å². The van der Waals surface area contributed by atoms with Crippen LogP contribution in [-0.2, 0) is 4.74 Å². The van der Waals surface area contributed by atoms with Gasteiger partial charge >= 0.3 is 0 Å². The predicted molar refractivity (Wildman–Crippen MR) is 166 cm³/mol. The van der Waals surface area contributed by atoms with Crippen molar-refractivity contribution < 1.29 is 45.6 Å². The van der Waals surface area contributed by atoms with E-state index < -0.39 is 66.3 Å². The Bertz CT molecular complexity index is 987. The smallest absolute Gasteiger partial charge is 0.167 e. The summed E-state index contributed by atoms with van der Waals surface area (Å²) in [5.74, 6) is 0.134. The van der Waals surface area contributed by atoms with Crippen molar-refractivity contribution in [2.75, 3.05) is 19.7 Å². The van der Waals surface area contributed by atoms with Gasteiger partial charge in [0.05, 0.1) is 36.6 Å². The van der Waals surface area contributed by atoms with E-state index in [9.17, 15) is 40.9 Å². The van der Waals surface area contributed by atoms with E-state index in [1.54, 1.807) is 0 Å². The maximum atomic E-state index is 12.0. The molecule has 0 aromatic carbocycles. The molecule has 0 aromatic rings. The lowest BCUT2D eigenvalue weighted by Gasteiger charge is -2.63. The van der Waals surface area contributed by atoms with Gasteiger partial charge < -0.3 is 50.9 Å². The Morgan fingerprint density at radius 3 is 2.13 bits per heavy atom. The number of aliphatic hydroxyl groups excluding tert-OH is 7. The maximum Gasteiger partial charge on any atom is 0.167 e. The lowest BCUT2D eigenvalue weighted by molar-refractivity contribution is -0.295. The highest BCUT2D eigenvalue weighted by Crippen LogP contribution is 2.61. The number of fused-ring (bicyclic) bond motifs is 4. The summed E-state index contributed by atoms with van der Waals surface area (Å²) in [6, 6.07) is 0. The van der Waals surface area contributed by atoms with E-state index in [0.29, 0.717) is 55.6 Å². The van der Waals surface area contributed by atoms with E-state index in [2.05, 4.69) is 5.32 Å². The number of nitrogens with one attached hydrogen (secondary N) is 1. The van der Waals surface area contributed by atoms with Crippen molar-refractivity contribution in [2.24, 2.45) is 65.1 Å². The Kier molecular flexibility index (Phi) is 10.6. The topological polar surface area (TPSA) is 183 Å². The second-order valence-corrected chi connectivity index (χ2v) is 16.1. The number of ether oxygens (including phenoxy) is 1. The number of hydrogen-bond acceptors (Lipinski definition) is 10. The molecule has 0 radical (unpaired) electrons. The standard InChI is InChI=1S/C35H61NO9/c1-3-45-28(40)16-36-15-18-8-9-23(22-7-5-4-6-21(18)22)24-10-11-26(38)31-25(24)13-19-12-20-14-27(39)29(17(2)37)33(42)35(20,44)34(43)30(19)32(31)41/h17-34,36-44H,3-16H2,1-2H3/t17?,18?,19-,20+,21?,22?,23?,24?,25?,26?,27?,28?,29?,30?,31?,32?,33?,34?,35-/m1/s1. The van der Waals surface area contributed by atoms with Crippen LogP contribution < -0.4 is 5.32 Å². The van der Waals surface area contributed by atoms with Gasteiger partial charge in [-0.1, -0.05) is 12.8 Å². The molecule has 10 heteroatoms. The van der Waals surface area contributed by atoms with Crippen LogP contribution in [-0.4, -0.2) is 109 Å². The second kappa shape index (κ2) is 13.8. The summed E-state index contributed by atoms with van der Waals surface area (Å²) in [6.45, 7) is 5.16. The third-order valence-electron chi connectivity index (χ3n) is 14.2. The minimum atomic E-state index is -1.94. The van der Waals surface area contributed by atoms with Crippen molar-refractivity contribution in [3.8, 4) is 0 Å². The van der Waals surface area contributed by atoms with Crippen molar-refractivity contribution >= 4 is 0 Å². The highest BCUT2D eigenvalue weighted by Gasteiger charge is 2.67. The monoisotopic (exact) mass is 639 g/mol. The van der Waals surface area contributed by atoms with Gasteiger partial charge in [-0.25, -0.2) is 0 Å². The van der Waals surface area contributed by atoms with Crippen LogP contribution in [0.15, 0.2) is 0 Å². The average Bonchev–Trinajstić information content (AvgIpc) is 2.99. The van der Waals surface area contributed by atoms with Crippen LogP contribution in [0.2, 0.25) is 0 Å². The fourth-order valence-electron chi connectivity index (χ4n) is 12.4. The van der Waals surface area contributed by atoms with Crippen molar-refractivity contribution in [3.05, 3.63) is 0 Å². The molecule has 0 bridgehead atoms. The molecule has 0 saturated heterocycles. The van der Waals surface area contributed by atoms with Crippen molar-refractivity contribution in [1.29, 1.82) is 0 Å². The molecule has 0 aromatic heterocycles. The molecule has 0 heterocycles. The van der Waals surface area contributed by atoms with Crippen LogP contribution in [0.25, 0.3) is 0 Å². The summed E-state index contributed by atoms with van der Waals surface area (Å²) < 4.78 is 5.29. The largest absolute Gasteiger partial charge is 0.393 e. The first-order valence-electron chi connectivity index (χ1n) is 18.3. The Morgan fingerprint density at radius 2 is 1.42 bits per heavy atom. The lowest BCUT2D eigenvalue weighted by atomic mass is 9.46. The highest BCUT2D eigenvalue weighted by atomic mass is 16.6. The minimum Gasteiger partial charge on any atom is -0.393 e. The summed E-state index contributed by atoms with van der Waals surface area (Å²) in [4.78, 5) is 0. The van der Waals surface area contributed by atoms with Crippen LogP contribution >= 0.6 is 0 Å². The van der Waals surface area contributed by atoms with Crippen LogP contribution in [0.1, 0.15) is 84.5 Å². The molecule has 45 heavy (non-hydrogen) atoms. The van der Waals surface area contributed by atoms with E-state index >= 15 is 0 Å². The van der Waals surface area contributed by atoms with E-state index in [4.69, 9.17) is 4.74 Å². The van der Waals surface area contributed by atoms with Crippen LogP contribution in [0.5, 0.6) is 0 Å². The Labute approximate surface area is 268 Å². The Morgan fingerprint density at radius 1 is 0.756 bits per heavy atom. The first-order chi connectivity index (χ1) is 21.5. The summed E-state index contributed by atoms with van der Waals surface area (Å²) in [6.07, 6.45) is 2.71. The highest BCUT2D eigenvalue weighted by molar-refractivity contribution is 5.16. The Hall–Kier alpha value is -0.400. The van der Waals surface area contributed by atoms with Crippen LogP contribution in [0, 0.1) is 65.1 Å². The predicted octanol–water partition coefficient (Wildman–Crippen LogP) is 0.998. The SMILES string of the molecule is CCOC(O)CNCC1CCC(C2CCC(O)C3C(O)C4C(O)[C@]5(O)C(O)C(C(C)O)C(O)C[C@@H]5C[C@@H]4CC23)C2CCCCC12. The van der Waals surface area contributed by atoms with Gasteiger partial charge in [-0.15, -0.1) is 0 Å². The van der Waals surface area contributed by atoms with Gasteiger partial charge in [0.15, 0.2) is 6.29 Å². The molecule has 6 aliphatic carbocycles. The number of aliphatic hydroxyl groups is 8. The molecule has 6 aliphatic rings. The minimum absolute atomic E-state index is 0.0868. The molecule has 6 saturated carbocycles. The lowest BCUT2D eigenvalue weighted by Crippen LogP contribution is -2.73. The van der Waals surface area contributed by atoms with E-state index in [-0.39, 0.29) is 24.2 Å². The van der Waals surface area contributed by atoms with Gasteiger partial charge in [-0.2, -0.15) is 0 Å². The van der Waals surface area contributed by atoms with Crippen molar-refractivity contribution in [2.45, 2.75) is 133 Å². The third kappa shape index (κ3) is 6.06. The number of rotatable bonds is 8. The van der Waals surface area contributed by atoms with Gasteiger partial charge in [0.25, 0.3) is 0 Å². The molecule has 6 fully saturated rings. The molecule has 19 atom stereocenters. The zero-order valence-electron chi connectivity index (χ0n) is 27.3. The zero-order chi connectivity index (χ0) is 32.2. The van der Waals surface area contributed by atoms with Gasteiger partial charge in [-0.3, -0.25) is 0 Å². The summed E-state index contributed by atoms with van der Waals surface area (Å²) in [5.41, 5.74) is -1.94. The normalized spacial score (nSPS) is 52.9. The summed E-state index contributed by atoms with van der Waals surface area (Å²) in [7, 11) is 0. The quantitative estimate of drug-likeness (QED) is 0.174. The van der Waals surface area contributed by atoms with Gasteiger partial charge in [0.2, 0.25) is 0 Å². The molecule has 6 rings (SSSR count). The molecule has 260 valence electrons. The molecule has 9 N–H and O–H groups in total. The van der Waals surface area contributed by atoms with Gasteiger partial charge in [-0.05, 0) is 126 Å². The molecule has 10 nitrogen and oxygen atoms in total. The molecular formula is C35H61NO9. The second-order valence-electron chi connectivity index (χ2n) is 16.1. The first kappa shape index (κ1) is 34.5. The van der Waals surface area contributed by atoms with Crippen molar-refractivity contribution in [3.63, 3.8) is 0 Å². The number of hydrogen-bond donors (Lipinski definition) is 9. The van der Waals surface area contributed by atoms with E-state index in [1.807, 2.05) is 6.92 Å². The van der Waals surface area contributed by atoms with E-state index in [1.165, 1.54) is 32.6 Å². The first-order valence-corrected chi connectivity index (χ1v) is 18.3. The van der Waals surface area contributed by atoms with Gasteiger partial charge in [0.1, 0.15) is 5.60 Å². The molecular weight excluding hydrogens is 578 g/mol. The average molecular weight is 640 g/mol. The third-order valence-corrected chi connectivity index (χ3v) is 14.2. The Balaban J connectivity index is 1.20. The molecule has 0 spiro atoms. The molecule has 0 aliphatic heterocycles. The fraction of sp³-hybridized carbons (Fsp3) is 1.00. The van der Waals surface area contributed by atoms with Crippen LogP contribution in [0.3, 0.4) is 0 Å². The van der Waals surface area contributed by atoms with Gasteiger partial charge in [0, 0.05) is 30.9 Å². The van der Waals surface area contributed by atoms with Crippen molar-refractivity contribution in [1.82, 2.24) is 5.32 Å². The van der Waals surface area contributed by atoms with E-state index in [0.717, 1.165) is 32.2 Å². The summed E-state index contributed by atoms with van der Waals surface area (Å²) >= 11 is 0. The molecule has 16 unspecified atom stereocenters. The summed E-state index contributed by atoms with van der Waals surface area (Å²) in [5, 5.41) is 92.9. The fourth-order valence-corrected chi connectivity index (χ4v) is 12.4. The molecule has 0 amide bonds. The maximum absolute atomic E-state index is 12.0.